The molecule has 0 fully saturated rings. The van der Waals surface area contributed by atoms with Crippen LogP contribution in [0.1, 0.15) is 21.9 Å². The number of ketones is 1. The van der Waals surface area contributed by atoms with Gasteiger partial charge in [-0.15, -0.1) is 0 Å². The van der Waals surface area contributed by atoms with Gasteiger partial charge in [-0.05, 0) is 31.2 Å². The van der Waals surface area contributed by atoms with Crippen molar-refractivity contribution >= 4 is 17.8 Å². The molecule has 0 atom stereocenters. The fourth-order valence-electron chi connectivity index (χ4n) is 2.89. The molecule has 1 aliphatic heterocycles. The Labute approximate surface area is 181 Å². The van der Waals surface area contributed by atoms with E-state index in [0.29, 0.717) is 11.5 Å². The van der Waals surface area contributed by atoms with E-state index in [1.54, 1.807) is 19.1 Å². The second kappa shape index (κ2) is 8.41. The lowest BCUT2D eigenvalue weighted by Gasteiger charge is -2.10. The SMILES string of the molecule is Cc1ccc(/C=C2\Oc3cc(OC(=O)COc4c(F)c(F)c(F)c(F)c4F)ccc3C2=O)o1. The van der Waals surface area contributed by atoms with Gasteiger partial charge < -0.3 is 18.6 Å². The topological polar surface area (TPSA) is 75.0 Å². The van der Waals surface area contributed by atoms with Gasteiger partial charge in [0, 0.05) is 12.1 Å². The number of carbonyl (C=O) groups excluding carboxylic acids is 2. The minimum absolute atomic E-state index is 0.0301. The quantitative estimate of drug-likeness (QED) is 0.133. The Morgan fingerprint density at radius 1 is 0.970 bits per heavy atom. The van der Waals surface area contributed by atoms with Crippen molar-refractivity contribution in [3.05, 3.63) is 82.3 Å². The Bertz CT molecular complexity index is 1300. The first kappa shape index (κ1) is 22.1. The summed E-state index contributed by atoms with van der Waals surface area (Å²) in [5.74, 6) is -13.6. The first-order chi connectivity index (χ1) is 15.7. The molecule has 11 heteroatoms. The van der Waals surface area contributed by atoms with E-state index >= 15 is 0 Å². The fourth-order valence-corrected chi connectivity index (χ4v) is 2.89. The normalized spacial score (nSPS) is 13.8. The molecule has 0 bridgehead atoms. The van der Waals surface area contributed by atoms with Crippen LogP contribution in [0.25, 0.3) is 6.08 Å². The summed E-state index contributed by atoms with van der Waals surface area (Å²) in [4.78, 5) is 24.4. The van der Waals surface area contributed by atoms with Gasteiger partial charge in [0.2, 0.25) is 34.9 Å². The van der Waals surface area contributed by atoms with E-state index in [1.807, 2.05) is 0 Å². The second-order valence-electron chi connectivity index (χ2n) is 6.71. The van der Waals surface area contributed by atoms with Crippen LogP contribution in [0.2, 0.25) is 0 Å². The summed E-state index contributed by atoms with van der Waals surface area (Å²) in [5.41, 5.74) is 0.182. The molecule has 0 spiro atoms. The predicted octanol–water partition coefficient (Wildman–Crippen LogP) is 4.88. The van der Waals surface area contributed by atoms with Crippen LogP contribution in [-0.4, -0.2) is 18.4 Å². The monoisotopic (exact) mass is 466 g/mol. The lowest BCUT2D eigenvalue weighted by atomic mass is 10.1. The third-order valence-electron chi connectivity index (χ3n) is 4.41. The van der Waals surface area contributed by atoms with Crippen molar-refractivity contribution in [2.24, 2.45) is 0 Å². The van der Waals surface area contributed by atoms with E-state index in [4.69, 9.17) is 13.9 Å². The molecule has 3 aromatic rings. The van der Waals surface area contributed by atoms with E-state index in [0.717, 1.165) is 0 Å². The molecule has 1 aromatic heterocycles. The lowest BCUT2D eigenvalue weighted by Crippen LogP contribution is -2.19. The zero-order valence-corrected chi connectivity index (χ0v) is 16.5. The molecule has 4 rings (SSSR count). The summed E-state index contributed by atoms with van der Waals surface area (Å²) in [6, 6.07) is 7.11. The van der Waals surface area contributed by atoms with Crippen LogP contribution in [0.5, 0.6) is 17.2 Å². The average molecular weight is 466 g/mol. The maximum Gasteiger partial charge on any atom is 0.349 e. The van der Waals surface area contributed by atoms with E-state index in [9.17, 15) is 31.5 Å². The van der Waals surface area contributed by atoms with Crippen molar-refractivity contribution in [3.63, 3.8) is 0 Å². The minimum Gasteiger partial charge on any atom is -0.476 e. The molecule has 0 saturated carbocycles. The number of Topliss-reactive ketones (excluding diaryl/α,β-unsaturated/α-hetero) is 1. The van der Waals surface area contributed by atoms with Crippen LogP contribution in [0.15, 0.2) is 40.5 Å². The van der Waals surface area contributed by atoms with Crippen molar-refractivity contribution in [1.29, 1.82) is 0 Å². The molecule has 170 valence electrons. The fraction of sp³-hybridized carbons (Fsp3) is 0.0909. The molecule has 0 amide bonds. The van der Waals surface area contributed by atoms with Crippen LogP contribution >= 0.6 is 0 Å². The third-order valence-corrected chi connectivity index (χ3v) is 4.41. The number of ether oxygens (including phenoxy) is 3. The number of halogens is 5. The van der Waals surface area contributed by atoms with Gasteiger partial charge in [-0.1, -0.05) is 0 Å². The van der Waals surface area contributed by atoms with Crippen LogP contribution in [0, 0.1) is 36.0 Å². The number of rotatable bonds is 5. The molecule has 6 nitrogen and oxygen atoms in total. The highest BCUT2D eigenvalue weighted by atomic mass is 19.2. The summed E-state index contributed by atoms with van der Waals surface area (Å²) in [6.07, 6.45) is 1.39. The molecule has 0 radical (unpaired) electrons. The van der Waals surface area contributed by atoms with E-state index in [-0.39, 0.29) is 22.8 Å². The van der Waals surface area contributed by atoms with Crippen molar-refractivity contribution in [1.82, 2.24) is 0 Å². The molecule has 0 aliphatic carbocycles. The summed E-state index contributed by atoms with van der Waals surface area (Å²) < 4.78 is 86.8. The van der Waals surface area contributed by atoms with Crippen molar-refractivity contribution in [2.75, 3.05) is 6.61 Å². The first-order valence-electron chi connectivity index (χ1n) is 9.15. The van der Waals surface area contributed by atoms with Crippen molar-refractivity contribution < 1.29 is 50.2 Å². The number of allylic oxidation sites excluding steroid dienone is 1. The Morgan fingerprint density at radius 3 is 2.27 bits per heavy atom. The van der Waals surface area contributed by atoms with E-state index < -0.39 is 53.2 Å². The van der Waals surface area contributed by atoms with Gasteiger partial charge in [-0.25, -0.2) is 18.0 Å². The van der Waals surface area contributed by atoms with Gasteiger partial charge in [0.05, 0.1) is 5.56 Å². The number of hydrogen-bond acceptors (Lipinski definition) is 6. The Balaban J connectivity index is 1.45. The number of fused-ring (bicyclic) bond motifs is 1. The maximum absolute atomic E-state index is 13.6. The molecular formula is C22H11F5O6. The largest absolute Gasteiger partial charge is 0.476 e. The number of esters is 1. The zero-order chi connectivity index (χ0) is 23.9. The predicted molar refractivity (Wildman–Crippen MR) is 100 cm³/mol. The molecule has 1 aliphatic rings. The van der Waals surface area contributed by atoms with Gasteiger partial charge >= 0.3 is 5.97 Å². The summed E-state index contributed by atoms with van der Waals surface area (Å²) in [5, 5.41) is 0. The van der Waals surface area contributed by atoms with Crippen LogP contribution in [-0.2, 0) is 4.79 Å². The summed E-state index contributed by atoms with van der Waals surface area (Å²) >= 11 is 0. The summed E-state index contributed by atoms with van der Waals surface area (Å²) in [6.45, 7) is 0.558. The number of carbonyl (C=O) groups is 2. The third kappa shape index (κ3) is 4.16. The number of benzene rings is 2. The Kier molecular flexibility index (Phi) is 5.62. The lowest BCUT2D eigenvalue weighted by molar-refractivity contribution is -0.136. The van der Waals surface area contributed by atoms with E-state index in [1.165, 1.54) is 24.3 Å². The Morgan fingerprint density at radius 2 is 1.64 bits per heavy atom. The molecular weight excluding hydrogens is 455 g/mol. The average Bonchev–Trinajstić information content (AvgIpc) is 3.33. The van der Waals surface area contributed by atoms with Crippen LogP contribution in [0.4, 0.5) is 22.0 Å². The number of aryl methyl sites for hydroxylation is 1. The van der Waals surface area contributed by atoms with E-state index in [2.05, 4.69) is 4.74 Å². The van der Waals surface area contributed by atoms with Gasteiger partial charge in [0.15, 0.2) is 18.1 Å². The molecule has 0 unspecified atom stereocenters. The highest BCUT2D eigenvalue weighted by Crippen LogP contribution is 2.35. The van der Waals surface area contributed by atoms with Gasteiger partial charge in [-0.2, -0.15) is 8.78 Å². The molecule has 0 saturated heterocycles. The molecule has 2 aromatic carbocycles. The second-order valence-corrected chi connectivity index (χ2v) is 6.71. The Hall–Kier alpha value is -4.15. The molecule has 2 heterocycles. The van der Waals surface area contributed by atoms with Crippen molar-refractivity contribution in [2.45, 2.75) is 6.92 Å². The minimum atomic E-state index is -2.36. The first-order valence-corrected chi connectivity index (χ1v) is 9.15. The summed E-state index contributed by atoms with van der Waals surface area (Å²) in [7, 11) is 0. The maximum atomic E-state index is 13.6. The van der Waals surface area contributed by atoms with Crippen molar-refractivity contribution in [3.8, 4) is 17.2 Å². The number of furan rings is 1. The van der Waals surface area contributed by atoms with Crippen LogP contribution < -0.4 is 14.2 Å². The zero-order valence-electron chi connectivity index (χ0n) is 16.5. The number of hydrogen-bond donors (Lipinski definition) is 0. The highest BCUT2D eigenvalue weighted by molar-refractivity contribution is 6.14. The molecule has 0 N–H and O–H groups in total. The van der Waals surface area contributed by atoms with Crippen LogP contribution in [0.3, 0.4) is 0 Å². The standard InChI is InChI=1S/C22H11F5O6/c1-9-2-3-10(31-9)7-14-21(29)12-5-4-11(6-13(12)33-14)32-15(28)8-30-22-19(26)17(24)16(23)18(25)20(22)27/h2-7H,8H2,1H3/b14-7-. The highest BCUT2D eigenvalue weighted by Gasteiger charge is 2.29. The molecule has 33 heavy (non-hydrogen) atoms. The van der Waals surface area contributed by atoms with Gasteiger partial charge in [-0.3, -0.25) is 4.79 Å². The smallest absolute Gasteiger partial charge is 0.349 e. The van der Waals surface area contributed by atoms with Gasteiger partial charge in [0.1, 0.15) is 23.0 Å². The van der Waals surface area contributed by atoms with Gasteiger partial charge in [0.25, 0.3) is 0 Å².